The van der Waals surface area contributed by atoms with Gasteiger partial charge in [-0.05, 0) is 50.5 Å². The molecule has 1 aromatic heterocycles. The summed E-state index contributed by atoms with van der Waals surface area (Å²) in [7, 11) is 0. The van der Waals surface area contributed by atoms with Crippen molar-refractivity contribution in [2.75, 3.05) is 0 Å². The minimum atomic E-state index is -0.646. The average Bonchev–Trinajstić information content (AvgIpc) is 3.02. The lowest BCUT2D eigenvalue weighted by Gasteiger charge is -2.26. The minimum Gasteiger partial charge on any atom is -0.342 e. The molecule has 3 aromatic rings. The zero-order chi connectivity index (χ0) is 20.3. The first-order valence-corrected chi connectivity index (χ1v) is 9.88. The maximum absolute atomic E-state index is 13.2. The first-order valence-electron chi connectivity index (χ1n) is 9.88. The number of unbranched alkanes of at least 4 members (excludes halogenated alkanes) is 2. The van der Waals surface area contributed by atoms with E-state index in [-0.39, 0.29) is 11.7 Å². The third-order valence-corrected chi connectivity index (χ3v) is 5.15. The van der Waals surface area contributed by atoms with Gasteiger partial charge in [0.1, 0.15) is 5.82 Å². The Balaban J connectivity index is 1.93. The Bertz CT molecular complexity index is 973. The fourth-order valence-corrected chi connectivity index (χ4v) is 3.54. The molecule has 1 heterocycles. The molecule has 0 aliphatic rings. The van der Waals surface area contributed by atoms with Gasteiger partial charge in [-0.3, -0.25) is 9.48 Å². The highest BCUT2D eigenvalue weighted by Crippen LogP contribution is 2.25. The van der Waals surface area contributed by atoms with Crippen molar-refractivity contribution < 1.29 is 9.18 Å². The van der Waals surface area contributed by atoms with Crippen LogP contribution in [0.3, 0.4) is 0 Å². The van der Waals surface area contributed by atoms with Crippen molar-refractivity contribution >= 4 is 16.8 Å². The topological polar surface area (TPSA) is 46.9 Å². The molecule has 0 aliphatic heterocycles. The number of aryl methyl sites for hydroxylation is 2. The number of halogens is 1. The van der Waals surface area contributed by atoms with E-state index in [9.17, 15) is 9.18 Å². The Morgan fingerprint density at radius 1 is 1.14 bits per heavy atom. The second-order valence-electron chi connectivity index (χ2n) is 7.84. The van der Waals surface area contributed by atoms with Gasteiger partial charge in [0.15, 0.2) is 5.69 Å². The zero-order valence-corrected chi connectivity index (χ0v) is 17.1. The largest absolute Gasteiger partial charge is 0.342 e. The molecule has 1 N–H and O–H groups in total. The molecule has 1 amide bonds. The zero-order valence-electron chi connectivity index (χ0n) is 17.1. The molecule has 3 rings (SSSR count). The monoisotopic (exact) mass is 381 g/mol. The number of rotatable bonds is 7. The normalized spacial score (nSPS) is 11.8. The molecule has 0 bridgehead atoms. The molecule has 0 fully saturated rings. The lowest BCUT2D eigenvalue weighted by Crippen LogP contribution is -2.41. The number of carbonyl (C=O) groups is 1. The van der Waals surface area contributed by atoms with Crippen molar-refractivity contribution in [2.24, 2.45) is 0 Å². The predicted molar refractivity (Wildman–Crippen MR) is 111 cm³/mol. The van der Waals surface area contributed by atoms with E-state index in [2.05, 4.69) is 17.3 Å². The van der Waals surface area contributed by atoms with Gasteiger partial charge in [-0.25, -0.2) is 4.39 Å². The van der Waals surface area contributed by atoms with E-state index in [4.69, 9.17) is 0 Å². The van der Waals surface area contributed by atoms with Crippen LogP contribution in [0.5, 0.6) is 0 Å². The molecule has 0 saturated heterocycles. The number of nitrogens with zero attached hydrogens (tertiary/aromatic N) is 2. The maximum Gasteiger partial charge on any atom is 0.273 e. The number of benzene rings is 2. The second-order valence-corrected chi connectivity index (χ2v) is 7.84. The van der Waals surface area contributed by atoms with Gasteiger partial charge >= 0.3 is 0 Å². The number of hydrogen-bond acceptors (Lipinski definition) is 2. The van der Waals surface area contributed by atoms with E-state index in [1.54, 1.807) is 12.1 Å². The van der Waals surface area contributed by atoms with Crippen LogP contribution >= 0.6 is 0 Å². The van der Waals surface area contributed by atoms with Crippen LogP contribution in [0.2, 0.25) is 0 Å². The van der Waals surface area contributed by atoms with E-state index in [1.807, 2.05) is 43.7 Å². The number of fused-ring (bicyclic) bond motifs is 1. The van der Waals surface area contributed by atoms with Crippen molar-refractivity contribution in [3.63, 3.8) is 0 Å². The average molecular weight is 381 g/mol. The summed E-state index contributed by atoms with van der Waals surface area (Å²) < 4.78 is 15.2. The van der Waals surface area contributed by atoms with Crippen LogP contribution < -0.4 is 5.32 Å². The molecule has 0 unspecified atom stereocenters. The molecule has 0 aliphatic carbocycles. The van der Waals surface area contributed by atoms with Gasteiger partial charge in [-0.2, -0.15) is 5.10 Å². The van der Waals surface area contributed by atoms with Crippen LogP contribution in [0.25, 0.3) is 10.9 Å². The molecule has 2 aromatic carbocycles. The van der Waals surface area contributed by atoms with Gasteiger partial charge in [0, 0.05) is 11.9 Å². The standard InChI is InChI=1S/C23H28FN3O/c1-5-6-7-15-27-21-16(2)9-8-10-19(21)20(26-27)22(28)25-23(3,4)17-11-13-18(24)14-12-17/h8-14H,5-7,15H2,1-4H3,(H,25,28). The molecule has 4 nitrogen and oxygen atoms in total. The SMILES string of the molecule is CCCCCn1nc(C(=O)NC(C)(C)c2ccc(F)cc2)c2cccc(C)c21. The van der Waals surface area contributed by atoms with Crippen molar-refractivity contribution in [2.45, 2.75) is 59.0 Å². The Morgan fingerprint density at radius 3 is 2.54 bits per heavy atom. The van der Waals surface area contributed by atoms with Crippen LogP contribution in [0.15, 0.2) is 42.5 Å². The molecular weight excluding hydrogens is 353 g/mol. The maximum atomic E-state index is 13.2. The molecule has 148 valence electrons. The van der Waals surface area contributed by atoms with E-state index < -0.39 is 5.54 Å². The predicted octanol–water partition coefficient (Wildman–Crippen LogP) is 5.34. The minimum absolute atomic E-state index is 0.223. The molecule has 0 saturated carbocycles. The Morgan fingerprint density at radius 2 is 1.86 bits per heavy atom. The fourth-order valence-electron chi connectivity index (χ4n) is 3.54. The number of carbonyl (C=O) groups excluding carboxylic acids is 1. The first-order chi connectivity index (χ1) is 13.3. The van der Waals surface area contributed by atoms with Crippen molar-refractivity contribution in [3.8, 4) is 0 Å². The molecular formula is C23H28FN3O. The number of hydrogen-bond donors (Lipinski definition) is 1. The number of aromatic nitrogens is 2. The van der Waals surface area contributed by atoms with Gasteiger partial charge < -0.3 is 5.32 Å². The highest BCUT2D eigenvalue weighted by atomic mass is 19.1. The smallest absolute Gasteiger partial charge is 0.273 e. The quantitative estimate of drug-likeness (QED) is 0.562. The van der Waals surface area contributed by atoms with E-state index >= 15 is 0 Å². The number of para-hydroxylation sites is 1. The first kappa shape index (κ1) is 20.1. The summed E-state index contributed by atoms with van der Waals surface area (Å²) in [6.45, 7) is 8.82. The summed E-state index contributed by atoms with van der Waals surface area (Å²) >= 11 is 0. The number of nitrogens with one attached hydrogen (secondary N) is 1. The summed E-state index contributed by atoms with van der Waals surface area (Å²) in [5.41, 5.74) is 2.75. The summed E-state index contributed by atoms with van der Waals surface area (Å²) in [5, 5.41) is 8.59. The number of amides is 1. The highest BCUT2D eigenvalue weighted by molar-refractivity contribution is 6.05. The van der Waals surface area contributed by atoms with Gasteiger partial charge in [-0.1, -0.05) is 50.1 Å². The summed E-state index contributed by atoms with van der Waals surface area (Å²) in [6, 6.07) is 12.2. The third-order valence-electron chi connectivity index (χ3n) is 5.15. The van der Waals surface area contributed by atoms with Gasteiger partial charge in [0.25, 0.3) is 5.91 Å². The van der Waals surface area contributed by atoms with Crippen molar-refractivity contribution in [3.05, 3.63) is 65.1 Å². The van der Waals surface area contributed by atoms with Crippen LogP contribution in [0.4, 0.5) is 4.39 Å². The molecule has 0 radical (unpaired) electrons. The Kier molecular flexibility index (Phi) is 5.82. The summed E-state index contributed by atoms with van der Waals surface area (Å²) in [6.07, 6.45) is 3.30. The summed E-state index contributed by atoms with van der Waals surface area (Å²) in [4.78, 5) is 13.1. The Labute approximate surface area is 165 Å². The fraction of sp³-hybridized carbons (Fsp3) is 0.391. The van der Waals surface area contributed by atoms with Gasteiger partial charge in [-0.15, -0.1) is 0 Å². The van der Waals surface area contributed by atoms with E-state index in [0.29, 0.717) is 5.69 Å². The molecule has 0 atom stereocenters. The van der Waals surface area contributed by atoms with Crippen LogP contribution in [0.1, 0.15) is 61.6 Å². The lowest BCUT2D eigenvalue weighted by molar-refractivity contribution is 0.0907. The summed E-state index contributed by atoms with van der Waals surface area (Å²) in [5.74, 6) is -0.516. The third kappa shape index (κ3) is 4.08. The molecule has 0 spiro atoms. The van der Waals surface area contributed by atoms with Crippen LogP contribution in [-0.2, 0) is 12.1 Å². The lowest BCUT2D eigenvalue weighted by atomic mass is 9.94. The Hall–Kier alpha value is -2.69. The van der Waals surface area contributed by atoms with Crippen LogP contribution in [0, 0.1) is 12.7 Å². The van der Waals surface area contributed by atoms with Gasteiger partial charge in [0.2, 0.25) is 0 Å². The molecule has 28 heavy (non-hydrogen) atoms. The highest BCUT2D eigenvalue weighted by Gasteiger charge is 2.26. The second kappa shape index (κ2) is 8.13. The van der Waals surface area contributed by atoms with Crippen molar-refractivity contribution in [1.29, 1.82) is 0 Å². The van der Waals surface area contributed by atoms with E-state index in [1.165, 1.54) is 12.1 Å². The molecule has 5 heteroatoms. The van der Waals surface area contributed by atoms with Crippen molar-refractivity contribution in [1.82, 2.24) is 15.1 Å². The van der Waals surface area contributed by atoms with E-state index in [0.717, 1.165) is 47.8 Å². The van der Waals surface area contributed by atoms with Gasteiger partial charge in [0.05, 0.1) is 11.1 Å². The van der Waals surface area contributed by atoms with Crippen LogP contribution in [-0.4, -0.2) is 15.7 Å².